The maximum absolute atomic E-state index is 12.4. The molecule has 1 amide bonds. The topological polar surface area (TPSA) is 75.5 Å². The van der Waals surface area contributed by atoms with Gasteiger partial charge in [0, 0.05) is 25.2 Å². The van der Waals surface area contributed by atoms with E-state index in [1.165, 1.54) is 36.6 Å². The van der Waals surface area contributed by atoms with Crippen molar-refractivity contribution < 1.29 is 9.72 Å². The highest BCUT2D eigenvalue weighted by Crippen LogP contribution is 2.22. The van der Waals surface area contributed by atoms with Crippen molar-refractivity contribution in [1.82, 2.24) is 10.2 Å². The lowest BCUT2D eigenvalue weighted by atomic mass is 10.1. The van der Waals surface area contributed by atoms with Gasteiger partial charge >= 0.3 is 0 Å². The van der Waals surface area contributed by atoms with Crippen LogP contribution in [0.5, 0.6) is 0 Å². The molecule has 0 aliphatic carbocycles. The van der Waals surface area contributed by atoms with E-state index in [1.54, 1.807) is 0 Å². The average Bonchev–Trinajstić information content (AvgIpc) is 3.13. The Hall–Kier alpha value is -2.44. The summed E-state index contributed by atoms with van der Waals surface area (Å²) in [6, 6.07) is 11.9. The Kier molecular flexibility index (Phi) is 5.85. The first-order valence-corrected chi connectivity index (χ1v) is 8.93. The maximum atomic E-state index is 12.4. The molecule has 2 aromatic carbocycles. The fourth-order valence-corrected chi connectivity index (χ4v) is 3.32. The van der Waals surface area contributed by atoms with Crippen LogP contribution in [0.4, 0.5) is 5.69 Å². The molecule has 0 bridgehead atoms. The highest BCUT2D eigenvalue weighted by atomic mass is 35.5. The predicted octanol–water partition coefficient (Wildman–Crippen LogP) is 3.77. The molecule has 1 heterocycles. The minimum absolute atomic E-state index is 0.106. The summed E-state index contributed by atoms with van der Waals surface area (Å²) in [5.41, 5.74) is 2.14. The molecule has 7 heteroatoms. The third-order valence-corrected chi connectivity index (χ3v) is 4.78. The van der Waals surface area contributed by atoms with E-state index in [2.05, 4.69) is 22.3 Å². The first-order valence-electron chi connectivity index (χ1n) is 8.55. The van der Waals surface area contributed by atoms with Crippen LogP contribution in [0.15, 0.2) is 42.5 Å². The lowest BCUT2D eigenvalue weighted by molar-refractivity contribution is -0.384. The van der Waals surface area contributed by atoms with Crippen LogP contribution >= 0.6 is 11.6 Å². The molecule has 0 radical (unpaired) electrons. The Balaban J connectivity index is 1.64. The zero-order valence-electron chi connectivity index (χ0n) is 14.3. The molecule has 1 saturated heterocycles. The van der Waals surface area contributed by atoms with E-state index in [9.17, 15) is 14.9 Å². The molecule has 0 aromatic heterocycles. The molecule has 1 fully saturated rings. The molecule has 1 aliphatic heterocycles. The number of nitrogens with one attached hydrogen (secondary N) is 1. The van der Waals surface area contributed by atoms with Crippen molar-refractivity contribution in [2.45, 2.75) is 25.9 Å². The fourth-order valence-electron chi connectivity index (χ4n) is 3.12. The van der Waals surface area contributed by atoms with Gasteiger partial charge in [0.25, 0.3) is 11.6 Å². The second kappa shape index (κ2) is 8.29. The van der Waals surface area contributed by atoms with Crippen molar-refractivity contribution >= 4 is 23.2 Å². The maximum Gasteiger partial charge on any atom is 0.270 e. The van der Waals surface area contributed by atoms with Gasteiger partial charge in [-0.2, -0.15) is 0 Å². The van der Waals surface area contributed by atoms with Gasteiger partial charge in [-0.05, 0) is 43.1 Å². The minimum atomic E-state index is -0.547. The lowest BCUT2D eigenvalue weighted by Crippen LogP contribution is -2.23. The van der Waals surface area contributed by atoms with E-state index in [0.29, 0.717) is 6.54 Å². The van der Waals surface area contributed by atoms with Crippen LogP contribution in [0.3, 0.4) is 0 Å². The van der Waals surface area contributed by atoms with Gasteiger partial charge in [-0.25, -0.2) is 0 Å². The van der Waals surface area contributed by atoms with Gasteiger partial charge in [-0.1, -0.05) is 35.9 Å². The van der Waals surface area contributed by atoms with Gasteiger partial charge in [0.1, 0.15) is 0 Å². The van der Waals surface area contributed by atoms with Crippen LogP contribution in [-0.4, -0.2) is 28.8 Å². The largest absolute Gasteiger partial charge is 0.348 e. The Labute approximate surface area is 156 Å². The van der Waals surface area contributed by atoms with E-state index in [-0.39, 0.29) is 16.3 Å². The van der Waals surface area contributed by atoms with Crippen LogP contribution in [-0.2, 0) is 13.1 Å². The molecule has 2 aromatic rings. The first-order chi connectivity index (χ1) is 12.5. The number of nitro groups is 1. The predicted molar refractivity (Wildman–Crippen MR) is 100 cm³/mol. The highest BCUT2D eigenvalue weighted by Gasteiger charge is 2.16. The van der Waals surface area contributed by atoms with E-state index in [1.807, 2.05) is 12.1 Å². The number of rotatable bonds is 6. The van der Waals surface area contributed by atoms with E-state index >= 15 is 0 Å². The molecule has 0 saturated carbocycles. The van der Waals surface area contributed by atoms with Crippen LogP contribution in [0, 0.1) is 10.1 Å². The summed E-state index contributed by atoms with van der Waals surface area (Å²) in [5, 5.41) is 13.8. The molecule has 136 valence electrons. The van der Waals surface area contributed by atoms with Crippen molar-refractivity contribution in [3.63, 3.8) is 0 Å². The number of likely N-dealkylation sites (tertiary alicyclic amines) is 1. The van der Waals surface area contributed by atoms with E-state index in [4.69, 9.17) is 11.6 Å². The quantitative estimate of drug-likeness (QED) is 0.617. The summed E-state index contributed by atoms with van der Waals surface area (Å²) in [6.07, 6.45) is 2.50. The van der Waals surface area contributed by atoms with Crippen LogP contribution < -0.4 is 5.32 Å². The lowest BCUT2D eigenvalue weighted by Gasteiger charge is -2.15. The van der Waals surface area contributed by atoms with Crippen molar-refractivity contribution in [2.75, 3.05) is 13.1 Å². The second-order valence-electron chi connectivity index (χ2n) is 6.41. The standard InChI is InChI=1S/C19H20ClN3O3/c20-18-7-6-16(23(25)26)11-17(18)19(24)21-12-14-4-3-5-15(10-14)13-22-8-1-2-9-22/h3-7,10-11H,1-2,8-9,12-13H2,(H,21,24). The van der Waals surface area contributed by atoms with Gasteiger partial charge in [0.05, 0.1) is 15.5 Å². The number of halogens is 1. The highest BCUT2D eigenvalue weighted by molar-refractivity contribution is 6.33. The number of carbonyl (C=O) groups is 1. The molecule has 6 nitrogen and oxygen atoms in total. The molecule has 0 atom stereocenters. The number of hydrogen-bond acceptors (Lipinski definition) is 4. The molecule has 1 N–H and O–H groups in total. The number of benzene rings is 2. The molecule has 0 unspecified atom stereocenters. The monoisotopic (exact) mass is 373 g/mol. The average molecular weight is 374 g/mol. The van der Waals surface area contributed by atoms with Crippen molar-refractivity contribution in [3.8, 4) is 0 Å². The Morgan fingerprint density at radius 1 is 1.15 bits per heavy atom. The molecule has 0 spiro atoms. The number of hydrogen-bond donors (Lipinski definition) is 1. The van der Waals surface area contributed by atoms with Gasteiger partial charge in [-0.3, -0.25) is 19.8 Å². The Bertz CT molecular complexity index is 819. The molecular weight excluding hydrogens is 354 g/mol. The summed E-state index contributed by atoms with van der Waals surface area (Å²) >= 11 is 6.01. The number of nitro benzene ring substituents is 1. The molecule has 3 rings (SSSR count). The second-order valence-corrected chi connectivity index (χ2v) is 6.81. The van der Waals surface area contributed by atoms with Crippen molar-refractivity contribution in [2.24, 2.45) is 0 Å². The SMILES string of the molecule is O=C(NCc1cccc(CN2CCCC2)c1)c1cc([N+](=O)[O-])ccc1Cl. The van der Waals surface area contributed by atoms with Crippen molar-refractivity contribution in [1.29, 1.82) is 0 Å². The Morgan fingerprint density at radius 3 is 2.62 bits per heavy atom. The van der Waals surface area contributed by atoms with E-state index in [0.717, 1.165) is 25.2 Å². The van der Waals surface area contributed by atoms with Gasteiger partial charge in [0.2, 0.25) is 0 Å². The van der Waals surface area contributed by atoms with Gasteiger partial charge in [-0.15, -0.1) is 0 Å². The summed E-state index contributed by atoms with van der Waals surface area (Å²) < 4.78 is 0. The van der Waals surface area contributed by atoms with Crippen LogP contribution in [0.25, 0.3) is 0 Å². The Morgan fingerprint density at radius 2 is 1.88 bits per heavy atom. The van der Waals surface area contributed by atoms with Crippen LogP contribution in [0.1, 0.15) is 34.3 Å². The number of non-ortho nitro benzene ring substituents is 1. The fraction of sp³-hybridized carbons (Fsp3) is 0.316. The first kappa shape index (κ1) is 18.4. The summed E-state index contributed by atoms with van der Waals surface area (Å²) in [6.45, 7) is 3.52. The van der Waals surface area contributed by atoms with Gasteiger partial charge < -0.3 is 5.32 Å². The number of nitrogens with zero attached hydrogens (tertiary/aromatic N) is 2. The minimum Gasteiger partial charge on any atom is -0.348 e. The van der Waals surface area contributed by atoms with Crippen molar-refractivity contribution in [3.05, 3.63) is 74.3 Å². The molecular formula is C19H20ClN3O3. The number of amides is 1. The molecule has 26 heavy (non-hydrogen) atoms. The number of carbonyl (C=O) groups excluding carboxylic acids is 1. The zero-order chi connectivity index (χ0) is 18.5. The van der Waals surface area contributed by atoms with E-state index < -0.39 is 10.8 Å². The van der Waals surface area contributed by atoms with Gasteiger partial charge in [0.15, 0.2) is 0 Å². The smallest absolute Gasteiger partial charge is 0.270 e. The third-order valence-electron chi connectivity index (χ3n) is 4.45. The summed E-state index contributed by atoms with van der Waals surface area (Å²) in [7, 11) is 0. The normalized spacial score (nSPS) is 14.3. The summed E-state index contributed by atoms with van der Waals surface area (Å²) in [5.74, 6) is -0.427. The van der Waals surface area contributed by atoms with Crippen LogP contribution in [0.2, 0.25) is 5.02 Å². The molecule has 1 aliphatic rings. The third kappa shape index (κ3) is 4.59. The zero-order valence-corrected chi connectivity index (χ0v) is 15.0. The summed E-state index contributed by atoms with van der Waals surface area (Å²) in [4.78, 5) is 25.1.